The summed E-state index contributed by atoms with van der Waals surface area (Å²) in [6, 6.07) is 0.570. The molecule has 1 fully saturated rings. The van der Waals surface area contributed by atoms with Crippen molar-refractivity contribution in [3.05, 3.63) is 24.5 Å². The molecule has 0 atom stereocenters. The minimum atomic E-state index is 0.570. The molecule has 3 nitrogen and oxygen atoms in total. The highest BCUT2D eigenvalue weighted by molar-refractivity contribution is 5.59. The second-order valence-corrected chi connectivity index (χ2v) is 4.20. The van der Waals surface area contributed by atoms with Gasteiger partial charge in [-0.2, -0.15) is 0 Å². The molecule has 0 saturated heterocycles. The zero-order chi connectivity index (χ0) is 10.7. The molecule has 0 aromatic carbocycles. The van der Waals surface area contributed by atoms with Crippen LogP contribution >= 0.6 is 0 Å². The Hall–Kier alpha value is -1.38. The fourth-order valence-corrected chi connectivity index (χ4v) is 1.88. The van der Waals surface area contributed by atoms with E-state index in [4.69, 9.17) is 0 Å². The number of anilines is 1. The third kappa shape index (κ3) is 2.55. The minimum Gasteiger partial charge on any atom is -0.351 e. The predicted octanol–water partition coefficient (Wildman–Crippen LogP) is 2.86. The van der Waals surface area contributed by atoms with E-state index < -0.39 is 0 Å². The highest BCUT2D eigenvalue weighted by Gasteiger charge is 2.15. The van der Waals surface area contributed by atoms with Gasteiger partial charge in [0.05, 0.1) is 0 Å². The van der Waals surface area contributed by atoms with Crippen LogP contribution < -0.4 is 5.32 Å². The van der Waals surface area contributed by atoms with Crippen LogP contribution in [0.25, 0.3) is 5.57 Å². The van der Waals surface area contributed by atoms with Gasteiger partial charge in [-0.1, -0.05) is 19.4 Å². The smallest absolute Gasteiger partial charge is 0.222 e. The second kappa shape index (κ2) is 4.43. The number of hydrogen-bond acceptors (Lipinski definition) is 3. The van der Waals surface area contributed by atoms with Gasteiger partial charge in [-0.25, -0.2) is 9.97 Å². The Bertz CT molecular complexity index is 336. The number of nitrogens with zero attached hydrogens (tertiary/aromatic N) is 2. The Labute approximate surface area is 90.6 Å². The summed E-state index contributed by atoms with van der Waals surface area (Å²) in [5.41, 5.74) is 2.01. The minimum absolute atomic E-state index is 0.570. The summed E-state index contributed by atoms with van der Waals surface area (Å²) in [5.74, 6) is 0.743. The normalized spacial score (nSPS) is 16.6. The van der Waals surface area contributed by atoms with Gasteiger partial charge in [-0.3, -0.25) is 0 Å². The molecule has 0 aliphatic heterocycles. The van der Waals surface area contributed by atoms with Crippen molar-refractivity contribution in [2.24, 2.45) is 0 Å². The van der Waals surface area contributed by atoms with Gasteiger partial charge in [-0.05, 0) is 25.3 Å². The summed E-state index contributed by atoms with van der Waals surface area (Å²) in [4.78, 5) is 8.56. The summed E-state index contributed by atoms with van der Waals surface area (Å²) in [7, 11) is 0. The predicted molar refractivity (Wildman–Crippen MR) is 62.6 cm³/mol. The first-order chi connectivity index (χ1) is 7.25. The fourth-order valence-electron chi connectivity index (χ4n) is 1.88. The molecule has 80 valence electrons. The molecule has 1 aliphatic rings. The van der Waals surface area contributed by atoms with Crippen LogP contribution in [0.5, 0.6) is 0 Å². The van der Waals surface area contributed by atoms with Crippen molar-refractivity contribution < 1.29 is 0 Å². The molecule has 1 aromatic rings. The van der Waals surface area contributed by atoms with Gasteiger partial charge in [0.2, 0.25) is 5.95 Å². The molecule has 3 heteroatoms. The number of hydrogen-bond donors (Lipinski definition) is 1. The molecule has 1 heterocycles. The van der Waals surface area contributed by atoms with Crippen molar-refractivity contribution in [3.8, 4) is 0 Å². The van der Waals surface area contributed by atoms with Crippen molar-refractivity contribution in [2.45, 2.75) is 38.6 Å². The molecule has 1 N–H and O–H groups in total. The van der Waals surface area contributed by atoms with Crippen LogP contribution in [0.4, 0.5) is 5.95 Å². The third-order valence-electron chi connectivity index (χ3n) is 2.83. The fraction of sp³-hybridized carbons (Fsp3) is 0.500. The van der Waals surface area contributed by atoms with Crippen LogP contribution in [0, 0.1) is 0 Å². The average molecular weight is 203 g/mol. The first-order valence-electron chi connectivity index (χ1n) is 5.50. The molecule has 0 bridgehead atoms. The Morgan fingerprint density at radius 1 is 1.33 bits per heavy atom. The summed E-state index contributed by atoms with van der Waals surface area (Å²) >= 11 is 0. The lowest BCUT2D eigenvalue weighted by Gasteiger charge is -2.11. The Morgan fingerprint density at radius 3 is 2.47 bits per heavy atom. The molecule has 2 rings (SSSR count). The summed E-state index contributed by atoms with van der Waals surface area (Å²) in [5, 5.41) is 3.36. The van der Waals surface area contributed by atoms with Crippen molar-refractivity contribution >= 4 is 11.5 Å². The molecule has 1 saturated carbocycles. The van der Waals surface area contributed by atoms with Gasteiger partial charge in [-0.15, -0.1) is 0 Å². The highest BCUT2D eigenvalue weighted by Crippen LogP contribution is 2.20. The van der Waals surface area contributed by atoms with E-state index >= 15 is 0 Å². The molecular formula is C12H17N3. The van der Waals surface area contributed by atoms with Crippen LogP contribution in [0.1, 0.15) is 38.2 Å². The Morgan fingerprint density at radius 2 is 1.93 bits per heavy atom. The maximum Gasteiger partial charge on any atom is 0.222 e. The van der Waals surface area contributed by atoms with Crippen LogP contribution in [0.15, 0.2) is 19.0 Å². The van der Waals surface area contributed by atoms with E-state index in [1.54, 1.807) is 0 Å². The van der Waals surface area contributed by atoms with E-state index in [2.05, 4.69) is 21.9 Å². The van der Waals surface area contributed by atoms with Crippen LogP contribution in [-0.2, 0) is 0 Å². The molecule has 0 spiro atoms. The van der Waals surface area contributed by atoms with Crippen molar-refractivity contribution in [1.82, 2.24) is 9.97 Å². The second-order valence-electron chi connectivity index (χ2n) is 4.20. The molecule has 1 aliphatic carbocycles. The van der Waals surface area contributed by atoms with Gasteiger partial charge in [0, 0.05) is 24.0 Å². The quantitative estimate of drug-likeness (QED) is 0.820. The summed E-state index contributed by atoms with van der Waals surface area (Å²) < 4.78 is 0. The lowest BCUT2D eigenvalue weighted by atomic mass is 10.2. The lowest BCUT2D eigenvalue weighted by Crippen LogP contribution is -2.16. The molecule has 0 radical (unpaired) electrons. The van der Waals surface area contributed by atoms with Gasteiger partial charge in [0.1, 0.15) is 0 Å². The van der Waals surface area contributed by atoms with Gasteiger partial charge < -0.3 is 5.32 Å². The SMILES string of the molecule is C=C(C)c1cnc(NC2CCCC2)nc1. The topological polar surface area (TPSA) is 37.8 Å². The van der Waals surface area contributed by atoms with E-state index in [0.29, 0.717) is 6.04 Å². The molecule has 0 amide bonds. The van der Waals surface area contributed by atoms with Crippen LogP contribution in [0.2, 0.25) is 0 Å². The molecule has 0 unspecified atom stereocenters. The van der Waals surface area contributed by atoms with E-state index in [1.165, 1.54) is 25.7 Å². The van der Waals surface area contributed by atoms with E-state index in [0.717, 1.165) is 17.1 Å². The Balaban J connectivity index is 2.00. The number of allylic oxidation sites excluding steroid dienone is 1. The molecule has 15 heavy (non-hydrogen) atoms. The van der Waals surface area contributed by atoms with Crippen molar-refractivity contribution in [1.29, 1.82) is 0 Å². The first-order valence-corrected chi connectivity index (χ1v) is 5.50. The molecule has 1 aromatic heterocycles. The average Bonchev–Trinajstić information content (AvgIpc) is 2.71. The lowest BCUT2D eigenvalue weighted by molar-refractivity contribution is 0.744. The third-order valence-corrected chi connectivity index (χ3v) is 2.83. The zero-order valence-electron chi connectivity index (χ0n) is 9.16. The highest BCUT2D eigenvalue weighted by atomic mass is 15.1. The van der Waals surface area contributed by atoms with Gasteiger partial charge >= 0.3 is 0 Å². The van der Waals surface area contributed by atoms with E-state index in [1.807, 2.05) is 19.3 Å². The number of rotatable bonds is 3. The number of aromatic nitrogens is 2. The zero-order valence-corrected chi connectivity index (χ0v) is 9.16. The van der Waals surface area contributed by atoms with Crippen molar-refractivity contribution in [2.75, 3.05) is 5.32 Å². The van der Waals surface area contributed by atoms with Crippen LogP contribution in [-0.4, -0.2) is 16.0 Å². The van der Waals surface area contributed by atoms with Gasteiger partial charge in [0.15, 0.2) is 0 Å². The maximum atomic E-state index is 4.28. The molecular weight excluding hydrogens is 186 g/mol. The van der Waals surface area contributed by atoms with Crippen molar-refractivity contribution in [3.63, 3.8) is 0 Å². The Kier molecular flexibility index (Phi) is 2.99. The van der Waals surface area contributed by atoms with E-state index in [9.17, 15) is 0 Å². The standard InChI is InChI=1S/C12H17N3/c1-9(2)10-7-13-12(14-8-10)15-11-5-3-4-6-11/h7-8,11H,1,3-6H2,2H3,(H,13,14,15). The maximum absolute atomic E-state index is 4.28. The van der Waals surface area contributed by atoms with Crippen LogP contribution in [0.3, 0.4) is 0 Å². The largest absolute Gasteiger partial charge is 0.351 e. The monoisotopic (exact) mass is 203 g/mol. The first kappa shape index (κ1) is 10.1. The number of nitrogens with one attached hydrogen (secondary N) is 1. The summed E-state index contributed by atoms with van der Waals surface area (Å²) in [6.45, 7) is 5.82. The van der Waals surface area contributed by atoms with Gasteiger partial charge in [0.25, 0.3) is 0 Å². The van der Waals surface area contributed by atoms with E-state index in [-0.39, 0.29) is 0 Å². The summed E-state index contributed by atoms with van der Waals surface area (Å²) in [6.07, 6.45) is 8.78.